The third-order valence-corrected chi connectivity index (χ3v) is 6.82. The van der Waals surface area contributed by atoms with E-state index in [2.05, 4.69) is 29.4 Å². The van der Waals surface area contributed by atoms with E-state index in [0.717, 1.165) is 45.1 Å². The fourth-order valence-corrected chi connectivity index (χ4v) is 5.02. The van der Waals surface area contributed by atoms with Gasteiger partial charge in [-0.3, -0.25) is 4.99 Å². The number of hydrogen-bond acceptors (Lipinski definition) is 4. The molecule has 0 bridgehead atoms. The molecule has 1 aliphatic heterocycles. The summed E-state index contributed by atoms with van der Waals surface area (Å²) in [5.41, 5.74) is 0.372. The molecule has 3 aliphatic rings. The largest absolute Gasteiger partial charge is 0.385 e. The van der Waals surface area contributed by atoms with Gasteiger partial charge in [0.2, 0.25) is 0 Å². The van der Waals surface area contributed by atoms with Crippen LogP contribution in [0.4, 0.5) is 0 Å². The van der Waals surface area contributed by atoms with Gasteiger partial charge < -0.3 is 25.0 Å². The second-order valence-electron chi connectivity index (χ2n) is 8.39. The Kier molecular flexibility index (Phi) is 10.3. The van der Waals surface area contributed by atoms with E-state index in [1.807, 2.05) is 0 Å². The van der Waals surface area contributed by atoms with Crippen molar-refractivity contribution < 1.29 is 9.47 Å². The van der Waals surface area contributed by atoms with Gasteiger partial charge in [0.15, 0.2) is 5.96 Å². The molecule has 0 amide bonds. The van der Waals surface area contributed by atoms with Crippen molar-refractivity contribution in [3.63, 3.8) is 0 Å². The SMILES string of the molecule is CCN=C(NC1CCN(CCCOC)CC1)NC1CC(OCC)C12CCC2.I. The second kappa shape index (κ2) is 11.9. The first-order valence-corrected chi connectivity index (χ1v) is 11.1. The van der Waals surface area contributed by atoms with E-state index >= 15 is 0 Å². The highest BCUT2D eigenvalue weighted by Gasteiger charge is 2.59. The van der Waals surface area contributed by atoms with Crippen LogP contribution in [-0.4, -0.2) is 75.5 Å². The fourth-order valence-electron chi connectivity index (χ4n) is 5.02. The summed E-state index contributed by atoms with van der Waals surface area (Å²) in [7, 11) is 1.78. The number of nitrogens with zero attached hydrogens (tertiary/aromatic N) is 2. The van der Waals surface area contributed by atoms with Crippen molar-refractivity contribution in [2.45, 2.75) is 77.0 Å². The first kappa shape index (κ1) is 24.2. The summed E-state index contributed by atoms with van der Waals surface area (Å²) >= 11 is 0. The van der Waals surface area contributed by atoms with Gasteiger partial charge in [-0.15, -0.1) is 24.0 Å². The molecule has 164 valence electrons. The quantitative estimate of drug-likeness (QED) is 0.217. The molecule has 0 aromatic carbocycles. The van der Waals surface area contributed by atoms with Crippen molar-refractivity contribution in [1.82, 2.24) is 15.5 Å². The Morgan fingerprint density at radius 1 is 1.18 bits per heavy atom. The molecule has 3 rings (SSSR count). The van der Waals surface area contributed by atoms with Crippen LogP contribution < -0.4 is 10.6 Å². The van der Waals surface area contributed by atoms with Gasteiger partial charge >= 0.3 is 0 Å². The molecule has 2 saturated carbocycles. The van der Waals surface area contributed by atoms with Gasteiger partial charge in [0, 0.05) is 64.0 Å². The van der Waals surface area contributed by atoms with Crippen molar-refractivity contribution >= 4 is 29.9 Å². The maximum absolute atomic E-state index is 5.99. The van der Waals surface area contributed by atoms with Crippen LogP contribution in [0.3, 0.4) is 0 Å². The Labute approximate surface area is 188 Å². The Bertz CT molecular complexity index is 479. The minimum atomic E-state index is 0. The average molecular weight is 508 g/mol. The Morgan fingerprint density at radius 2 is 1.93 bits per heavy atom. The zero-order chi connectivity index (χ0) is 19.1. The molecule has 0 aromatic heterocycles. The smallest absolute Gasteiger partial charge is 0.191 e. The Morgan fingerprint density at radius 3 is 2.50 bits per heavy atom. The van der Waals surface area contributed by atoms with Gasteiger partial charge in [0.05, 0.1) is 6.10 Å². The zero-order valence-electron chi connectivity index (χ0n) is 18.0. The van der Waals surface area contributed by atoms with Gasteiger partial charge in [-0.1, -0.05) is 6.42 Å². The minimum absolute atomic E-state index is 0. The van der Waals surface area contributed by atoms with Crippen LogP contribution in [0.2, 0.25) is 0 Å². The molecule has 2 unspecified atom stereocenters. The molecule has 2 aliphatic carbocycles. The lowest BCUT2D eigenvalue weighted by Crippen LogP contribution is -2.69. The van der Waals surface area contributed by atoms with Crippen LogP contribution in [0.15, 0.2) is 4.99 Å². The summed E-state index contributed by atoms with van der Waals surface area (Å²) in [5.74, 6) is 1.02. The third kappa shape index (κ3) is 5.73. The Balaban J connectivity index is 0.00000280. The number of halogens is 1. The van der Waals surface area contributed by atoms with Gasteiger partial charge in [-0.2, -0.15) is 0 Å². The van der Waals surface area contributed by atoms with E-state index in [0.29, 0.717) is 23.6 Å². The highest BCUT2D eigenvalue weighted by Crippen LogP contribution is 2.57. The van der Waals surface area contributed by atoms with Crippen LogP contribution in [0.5, 0.6) is 0 Å². The summed E-state index contributed by atoms with van der Waals surface area (Å²) in [6, 6.07) is 1.05. The first-order valence-electron chi connectivity index (χ1n) is 11.1. The lowest BCUT2D eigenvalue weighted by molar-refractivity contribution is -0.168. The summed E-state index contributed by atoms with van der Waals surface area (Å²) in [6.07, 6.45) is 9.02. The molecule has 1 saturated heterocycles. The summed E-state index contributed by atoms with van der Waals surface area (Å²) in [4.78, 5) is 7.30. The van der Waals surface area contributed by atoms with Crippen molar-refractivity contribution in [3.8, 4) is 0 Å². The molecule has 3 fully saturated rings. The van der Waals surface area contributed by atoms with E-state index in [1.54, 1.807) is 7.11 Å². The fraction of sp³-hybridized carbons (Fsp3) is 0.952. The Hall–Kier alpha value is -0.120. The standard InChI is InChI=1S/C21H40N4O2.HI/c1-4-22-20(23-17-8-13-25(14-9-17)12-7-15-26-3)24-18-16-19(27-5-2)21(18)10-6-11-21;/h17-19H,4-16H2,1-3H3,(H2,22,23,24);1H. The first-order chi connectivity index (χ1) is 13.2. The lowest BCUT2D eigenvalue weighted by atomic mass is 9.51. The van der Waals surface area contributed by atoms with Gasteiger partial charge in [0.25, 0.3) is 0 Å². The monoisotopic (exact) mass is 508 g/mol. The average Bonchev–Trinajstić information content (AvgIpc) is 2.61. The second-order valence-corrected chi connectivity index (χ2v) is 8.39. The minimum Gasteiger partial charge on any atom is -0.385 e. The molecule has 2 N–H and O–H groups in total. The number of piperidine rings is 1. The normalized spacial score (nSPS) is 27.6. The summed E-state index contributed by atoms with van der Waals surface area (Å²) < 4.78 is 11.2. The number of likely N-dealkylation sites (tertiary alicyclic amines) is 1. The van der Waals surface area contributed by atoms with Crippen molar-refractivity contribution in [2.24, 2.45) is 10.4 Å². The van der Waals surface area contributed by atoms with E-state index in [1.165, 1.54) is 45.2 Å². The van der Waals surface area contributed by atoms with Crippen molar-refractivity contribution in [1.29, 1.82) is 0 Å². The topological polar surface area (TPSA) is 58.1 Å². The number of hydrogen-bond donors (Lipinski definition) is 2. The van der Waals surface area contributed by atoms with E-state index in [-0.39, 0.29) is 24.0 Å². The van der Waals surface area contributed by atoms with Gasteiger partial charge in [0.1, 0.15) is 0 Å². The molecule has 0 radical (unpaired) electrons. The number of guanidine groups is 1. The number of rotatable bonds is 9. The molecule has 6 nitrogen and oxygen atoms in total. The van der Waals surface area contributed by atoms with Crippen LogP contribution in [0, 0.1) is 5.41 Å². The van der Waals surface area contributed by atoms with Crippen LogP contribution in [0.1, 0.15) is 58.8 Å². The number of methoxy groups -OCH3 is 1. The molecular formula is C21H41IN4O2. The highest BCUT2D eigenvalue weighted by molar-refractivity contribution is 14.0. The molecular weight excluding hydrogens is 467 g/mol. The van der Waals surface area contributed by atoms with Crippen molar-refractivity contribution in [3.05, 3.63) is 0 Å². The van der Waals surface area contributed by atoms with Gasteiger partial charge in [-0.05, 0) is 52.4 Å². The zero-order valence-corrected chi connectivity index (χ0v) is 20.4. The highest BCUT2D eigenvalue weighted by atomic mass is 127. The summed E-state index contributed by atoms with van der Waals surface area (Å²) in [5, 5.41) is 7.49. The van der Waals surface area contributed by atoms with Gasteiger partial charge in [-0.25, -0.2) is 0 Å². The number of nitrogens with one attached hydrogen (secondary N) is 2. The number of ether oxygens (including phenoxy) is 2. The predicted octanol–water partition coefficient (Wildman–Crippen LogP) is 3.01. The maximum atomic E-state index is 5.99. The van der Waals surface area contributed by atoms with Crippen LogP contribution in [-0.2, 0) is 9.47 Å². The molecule has 1 heterocycles. The third-order valence-electron chi connectivity index (χ3n) is 6.82. The molecule has 28 heavy (non-hydrogen) atoms. The maximum Gasteiger partial charge on any atom is 0.191 e. The van der Waals surface area contributed by atoms with Crippen molar-refractivity contribution in [2.75, 3.05) is 46.5 Å². The summed E-state index contributed by atoms with van der Waals surface area (Å²) in [6.45, 7) is 10.2. The van der Waals surface area contributed by atoms with E-state index in [9.17, 15) is 0 Å². The predicted molar refractivity (Wildman–Crippen MR) is 126 cm³/mol. The lowest BCUT2D eigenvalue weighted by Gasteiger charge is -2.61. The van der Waals surface area contributed by atoms with E-state index < -0.39 is 0 Å². The molecule has 7 heteroatoms. The molecule has 2 atom stereocenters. The molecule has 0 aromatic rings. The van der Waals surface area contributed by atoms with Crippen LogP contribution in [0.25, 0.3) is 0 Å². The van der Waals surface area contributed by atoms with Crippen LogP contribution >= 0.6 is 24.0 Å². The molecule has 1 spiro atoms. The van der Waals surface area contributed by atoms with E-state index in [4.69, 9.17) is 14.5 Å². The number of aliphatic imine (C=N–C) groups is 1.